The molecule has 3 aromatic rings. The van der Waals surface area contributed by atoms with Crippen LogP contribution in [-0.2, 0) is 14.2 Å². The van der Waals surface area contributed by atoms with Crippen molar-refractivity contribution in [2.45, 2.75) is 64.5 Å². The number of ether oxygens (including phenoxy) is 5. The molecular formula is C40H51N3O10. The van der Waals surface area contributed by atoms with E-state index in [4.69, 9.17) is 23.7 Å². The summed E-state index contributed by atoms with van der Waals surface area (Å²) in [7, 11) is 6.77. The lowest BCUT2D eigenvalue weighted by Gasteiger charge is -2.28. The third-order valence-corrected chi connectivity index (χ3v) is 9.04. The van der Waals surface area contributed by atoms with Crippen molar-refractivity contribution >= 4 is 29.4 Å². The van der Waals surface area contributed by atoms with Gasteiger partial charge in [-0.25, -0.2) is 9.59 Å². The predicted molar refractivity (Wildman–Crippen MR) is 200 cm³/mol. The number of likely N-dealkylation sites (tertiary alicyclic amines) is 1. The van der Waals surface area contributed by atoms with Crippen LogP contribution in [0.4, 0.5) is 10.5 Å². The fourth-order valence-corrected chi connectivity index (χ4v) is 6.12. The lowest BCUT2D eigenvalue weighted by Crippen LogP contribution is -2.51. The number of anilines is 1. The van der Waals surface area contributed by atoms with Gasteiger partial charge in [0, 0.05) is 58.2 Å². The molecule has 1 saturated heterocycles. The highest BCUT2D eigenvalue weighted by Gasteiger charge is 2.34. The van der Waals surface area contributed by atoms with Crippen LogP contribution in [0.1, 0.15) is 100 Å². The van der Waals surface area contributed by atoms with Crippen molar-refractivity contribution in [3.05, 3.63) is 88.0 Å². The van der Waals surface area contributed by atoms with Crippen LogP contribution in [0, 0.1) is 0 Å². The van der Waals surface area contributed by atoms with Gasteiger partial charge in [-0.05, 0) is 78.3 Å². The summed E-state index contributed by atoms with van der Waals surface area (Å²) in [6, 6.07) is 14.1. The topological polar surface area (TPSA) is 153 Å². The number of carbonyl (C=O) groups excluding carboxylic acids is 3. The monoisotopic (exact) mass is 733 g/mol. The molecule has 0 saturated carbocycles. The Labute approximate surface area is 311 Å². The molecule has 2 amide bonds. The maximum atomic E-state index is 13.9. The molecule has 3 aromatic carbocycles. The zero-order chi connectivity index (χ0) is 38.8. The Morgan fingerprint density at radius 1 is 0.849 bits per heavy atom. The second-order valence-electron chi connectivity index (χ2n) is 13.8. The number of ketones is 1. The molecule has 2 atom stereocenters. The summed E-state index contributed by atoms with van der Waals surface area (Å²) < 4.78 is 27.8. The van der Waals surface area contributed by atoms with E-state index in [0.29, 0.717) is 41.0 Å². The summed E-state index contributed by atoms with van der Waals surface area (Å²) in [6.07, 6.45) is -1.22. The maximum Gasteiger partial charge on any atom is 0.407 e. The van der Waals surface area contributed by atoms with E-state index in [9.17, 15) is 24.3 Å². The van der Waals surface area contributed by atoms with E-state index >= 15 is 0 Å². The molecule has 0 aromatic heterocycles. The highest BCUT2D eigenvalue weighted by Crippen LogP contribution is 2.36. The van der Waals surface area contributed by atoms with Gasteiger partial charge in [-0.1, -0.05) is 39.8 Å². The SMILES string of the molecule is COCOc1ccc(N(C)C)cc1C(=O)c1ccc(C(=O)O[C@@H]2CCCN(C(=O)O)C[C@H]2NC(=O)c2cc(C(C)C)c(OCOC)c(C(C)C)c2)cc1. The molecule has 0 spiro atoms. The molecule has 286 valence electrons. The van der Waals surface area contributed by atoms with Gasteiger partial charge in [-0.2, -0.15) is 0 Å². The average molecular weight is 734 g/mol. The summed E-state index contributed by atoms with van der Waals surface area (Å²) in [5, 5.41) is 12.8. The van der Waals surface area contributed by atoms with Gasteiger partial charge < -0.3 is 43.9 Å². The van der Waals surface area contributed by atoms with E-state index in [1.807, 2.05) is 52.8 Å². The largest absolute Gasteiger partial charge is 0.467 e. The summed E-state index contributed by atoms with van der Waals surface area (Å²) in [6.45, 7) is 8.19. The second-order valence-corrected chi connectivity index (χ2v) is 13.8. The van der Waals surface area contributed by atoms with Crippen LogP contribution in [0.5, 0.6) is 11.5 Å². The fraction of sp³-hybridized carbons (Fsp3) is 0.450. The number of rotatable bonds is 15. The molecule has 2 N–H and O–H groups in total. The van der Waals surface area contributed by atoms with Gasteiger partial charge in [-0.15, -0.1) is 0 Å². The van der Waals surface area contributed by atoms with Gasteiger partial charge in [-0.3, -0.25) is 9.59 Å². The average Bonchev–Trinajstić information content (AvgIpc) is 3.34. The van der Waals surface area contributed by atoms with Crippen molar-refractivity contribution in [3.63, 3.8) is 0 Å². The number of carbonyl (C=O) groups is 4. The third kappa shape index (κ3) is 10.3. The molecule has 1 aliphatic rings. The molecule has 13 nitrogen and oxygen atoms in total. The van der Waals surface area contributed by atoms with Crippen LogP contribution in [-0.4, -0.2) is 101 Å². The van der Waals surface area contributed by atoms with E-state index in [0.717, 1.165) is 16.8 Å². The van der Waals surface area contributed by atoms with Crippen LogP contribution >= 0.6 is 0 Å². The van der Waals surface area contributed by atoms with Gasteiger partial charge in [0.15, 0.2) is 19.4 Å². The van der Waals surface area contributed by atoms with Crippen LogP contribution < -0.4 is 19.7 Å². The smallest absolute Gasteiger partial charge is 0.407 e. The van der Waals surface area contributed by atoms with Crippen LogP contribution in [0.15, 0.2) is 54.6 Å². The highest BCUT2D eigenvalue weighted by atomic mass is 16.7. The van der Waals surface area contributed by atoms with E-state index < -0.39 is 30.1 Å². The van der Waals surface area contributed by atoms with Crippen molar-refractivity contribution in [3.8, 4) is 11.5 Å². The number of hydrogen-bond acceptors (Lipinski definition) is 10. The Morgan fingerprint density at radius 3 is 2.02 bits per heavy atom. The molecule has 0 bridgehead atoms. The zero-order valence-electron chi connectivity index (χ0n) is 31.8. The van der Waals surface area contributed by atoms with Crippen molar-refractivity contribution in [2.24, 2.45) is 0 Å². The minimum Gasteiger partial charge on any atom is -0.467 e. The number of hydrogen-bond donors (Lipinski definition) is 2. The minimum absolute atomic E-state index is 0.0251. The first-order valence-electron chi connectivity index (χ1n) is 17.6. The standard InChI is InChI=1S/C40H51N3O10/c1-24(2)30-18-28(19-31(25(3)4)37(30)52-23-50-8)38(45)41-33-21-43(40(47)48)17-9-10-35(33)53-39(46)27-13-11-26(12-14-27)36(44)32-20-29(42(5)6)15-16-34(32)51-22-49-7/h11-16,18-20,24-25,33,35H,9-10,17,21-23H2,1-8H3,(H,41,45)(H,47,48)/t33-,35-/m1/s1. The number of nitrogens with zero attached hydrogens (tertiary/aromatic N) is 2. The van der Waals surface area contributed by atoms with Gasteiger partial charge >= 0.3 is 12.1 Å². The van der Waals surface area contributed by atoms with Crippen LogP contribution in [0.2, 0.25) is 0 Å². The van der Waals surface area contributed by atoms with Gasteiger partial charge in [0.2, 0.25) is 0 Å². The van der Waals surface area contributed by atoms with Crippen molar-refractivity contribution < 1.29 is 48.0 Å². The number of methoxy groups -OCH3 is 2. The van der Waals surface area contributed by atoms with Gasteiger partial charge in [0.1, 0.15) is 17.6 Å². The van der Waals surface area contributed by atoms with Crippen molar-refractivity contribution in [1.82, 2.24) is 10.2 Å². The Hall–Kier alpha value is -5.14. The number of esters is 1. The third-order valence-electron chi connectivity index (χ3n) is 9.04. The lowest BCUT2D eigenvalue weighted by molar-refractivity contribution is 0.0179. The first kappa shape index (κ1) is 40.6. The Kier molecular flexibility index (Phi) is 14.2. The lowest BCUT2D eigenvalue weighted by atomic mass is 9.91. The number of amides is 2. The van der Waals surface area contributed by atoms with Gasteiger partial charge in [0.25, 0.3) is 5.91 Å². The van der Waals surface area contributed by atoms with Gasteiger partial charge in [0.05, 0.1) is 17.2 Å². The summed E-state index contributed by atoms with van der Waals surface area (Å²) >= 11 is 0. The van der Waals surface area contributed by atoms with E-state index in [2.05, 4.69) is 5.32 Å². The van der Waals surface area contributed by atoms with E-state index in [1.54, 1.807) is 43.5 Å². The number of nitrogens with one attached hydrogen (secondary N) is 1. The molecule has 13 heteroatoms. The minimum atomic E-state index is -1.13. The summed E-state index contributed by atoms with van der Waals surface area (Å²) in [5.41, 5.74) is 3.71. The number of benzene rings is 3. The first-order chi connectivity index (χ1) is 25.2. The van der Waals surface area contributed by atoms with Crippen molar-refractivity contribution in [2.75, 3.05) is 59.9 Å². The predicted octanol–water partition coefficient (Wildman–Crippen LogP) is 6.29. The molecule has 1 heterocycles. The second kappa shape index (κ2) is 18.6. The molecular weight excluding hydrogens is 682 g/mol. The maximum absolute atomic E-state index is 13.9. The molecule has 0 radical (unpaired) electrons. The molecule has 4 rings (SSSR count). The Bertz CT molecular complexity index is 1730. The molecule has 53 heavy (non-hydrogen) atoms. The fourth-order valence-electron chi connectivity index (χ4n) is 6.12. The van der Waals surface area contributed by atoms with Crippen molar-refractivity contribution in [1.29, 1.82) is 0 Å². The zero-order valence-corrected chi connectivity index (χ0v) is 31.8. The quantitative estimate of drug-likeness (QED) is 0.103. The van der Waals surface area contributed by atoms with Crippen LogP contribution in [0.3, 0.4) is 0 Å². The summed E-state index contributed by atoms with van der Waals surface area (Å²) in [4.78, 5) is 56.2. The molecule has 0 aliphatic carbocycles. The van der Waals surface area contributed by atoms with E-state index in [-0.39, 0.29) is 49.9 Å². The van der Waals surface area contributed by atoms with Crippen LogP contribution in [0.25, 0.3) is 0 Å². The molecule has 0 unspecified atom stereocenters. The van der Waals surface area contributed by atoms with E-state index in [1.165, 1.54) is 24.1 Å². The Balaban J connectivity index is 1.58. The summed E-state index contributed by atoms with van der Waals surface area (Å²) in [5.74, 6) is -0.325. The Morgan fingerprint density at radius 2 is 1.45 bits per heavy atom. The highest BCUT2D eigenvalue weighted by molar-refractivity contribution is 6.11. The first-order valence-corrected chi connectivity index (χ1v) is 17.6. The molecule has 1 fully saturated rings. The normalized spacial score (nSPS) is 15.8. The molecule has 1 aliphatic heterocycles. The number of carboxylic acid groups (broad SMARTS) is 1.